The summed E-state index contributed by atoms with van der Waals surface area (Å²) in [4.78, 5) is 13.8. The molecule has 0 radical (unpaired) electrons. The van der Waals surface area contributed by atoms with E-state index in [1.807, 2.05) is 13.0 Å². The van der Waals surface area contributed by atoms with Crippen molar-refractivity contribution < 1.29 is 17.9 Å². The predicted octanol–water partition coefficient (Wildman–Crippen LogP) is 4.16. The summed E-state index contributed by atoms with van der Waals surface area (Å²) in [7, 11) is -3.97. The maximum Gasteiger partial charge on any atom is 0.246 e. The Labute approximate surface area is 198 Å². The summed E-state index contributed by atoms with van der Waals surface area (Å²) in [6.45, 7) is 2.75. The molecule has 1 aliphatic heterocycles. The minimum absolute atomic E-state index is 0.0328. The third-order valence-corrected chi connectivity index (χ3v) is 7.46. The van der Waals surface area contributed by atoms with E-state index in [2.05, 4.69) is 0 Å². The number of ether oxygens (including phenoxy) is 1. The number of piperazine rings is 1. The Bertz CT molecular complexity index is 1120. The minimum atomic E-state index is -3.97. The first kappa shape index (κ1) is 24.3. The van der Waals surface area contributed by atoms with E-state index in [-0.39, 0.29) is 35.2 Å². The van der Waals surface area contributed by atoms with Gasteiger partial charge in [-0.2, -0.15) is 9.57 Å². The van der Waals surface area contributed by atoms with Gasteiger partial charge in [0.05, 0.1) is 11.6 Å². The van der Waals surface area contributed by atoms with Crippen molar-refractivity contribution in [3.05, 3.63) is 52.5 Å². The van der Waals surface area contributed by atoms with E-state index in [4.69, 9.17) is 27.9 Å². The van der Waals surface area contributed by atoms with Gasteiger partial charge < -0.3 is 9.64 Å². The Hall–Kier alpha value is -2.31. The molecule has 1 saturated heterocycles. The van der Waals surface area contributed by atoms with Crippen LogP contribution in [0.2, 0.25) is 5.02 Å². The lowest BCUT2D eigenvalue weighted by molar-refractivity contribution is -0.132. The number of rotatable bonds is 7. The van der Waals surface area contributed by atoms with Crippen LogP contribution in [-0.4, -0.2) is 55.6 Å². The Balaban J connectivity index is 1.85. The lowest BCUT2D eigenvalue weighted by Crippen LogP contribution is -2.50. The smallest absolute Gasteiger partial charge is 0.246 e. The highest BCUT2D eigenvalue weighted by atomic mass is 35.5. The second-order valence-corrected chi connectivity index (χ2v) is 10.1. The number of nitrogens with zero attached hydrogens (tertiary/aromatic N) is 3. The molecule has 1 aliphatic rings. The first-order chi connectivity index (χ1) is 15.2. The standard InChI is InChI=1S/C22H23Cl2N3O4S/c1-16-11-18(24)14-19(12-16)31-20-5-4-17(15-25)13-21(20)32(29,30)27-9-7-26(8-10-27)22(28)3-2-6-23/h4-5,11-14H,2-3,6-10H2,1H3. The number of halogens is 2. The highest BCUT2D eigenvalue weighted by molar-refractivity contribution is 7.89. The molecule has 0 N–H and O–H groups in total. The monoisotopic (exact) mass is 495 g/mol. The van der Waals surface area contributed by atoms with Gasteiger partial charge in [-0.3, -0.25) is 4.79 Å². The molecule has 0 bridgehead atoms. The van der Waals surface area contributed by atoms with Crippen molar-refractivity contribution in [3.8, 4) is 17.6 Å². The number of benzene rings is 2. The van der Waals surface area contributed by atoms with E-state index in [1.54, 1.807) is 23.1 Å². The molecule has 2 aromatic rings. The van der Waals surface area contributed by atoms with Gasteiger partial charge in [-0.05, 0) is 55.3 Å². The van der Waals surface area contributed by atoms with Crippen LogP contribution in [0.5, 0.6) is 11.5 Å². The molecule has 0 aromatic heterocycles. The van der Waals surface area contributed by atoms with Gasteiger partial charge in [-0.1, -0.05) is 11.6 Å². The van der Waals surface area contributed by atoms with Crippen LogP contribution < -0.4 is 4.74 Å². The molecule has 2 aromatic carbocycles. The molecule has 0 spiro atoms. The second-order valence-electron chi connectivity index (χ2n) is 7.42. The molecule has 1 amide bonds. The highest BCUT2D eigenvalue weighted by Crippen LogP contribution is 2.33. The number of carbonyl (C=O) groups is 1. The molecule has 7 nitrogen and oxygen atoms in total. The number of amides is 1. The summed E-state index contributed by atoms with van der Waals surface area (Å²) in [5.74, 6) is 0.872. The van der Waals surface area contributed by atoms with E-state index >= 15 is 0 Å². The van der Waals surface area contributed by atoms with Crippen molar-refractivity contribution in [1.82, 2.24) is 9.21 Å². The fourth-order valence-electron chi connectivity index (χ4n) is 3.45. The molecule has 170 valence electrons. The Morgan fingerprint density at radius 3 is 2.50 bits per heavy atom. The number of hydrogen-bond donors (Lipinski definition) is 0. The van der Waals surface area contributed by atoms with Crippen LogP contribution in [0.3, 0.4) is 0 Å². The lowest BCUT2D eigenvalue weighted by atomic mass is 10.2. The number of alkyl halides is 1. The summed E-state index contributed by atoms with van der Waals surface area (Å²) in [5, 5.41) is 9.75. The topological polar surface area (TPSA) is 90.7 Å². The minimum Gasteiger partial charge on any atom is -0.456 e. The quantitative estimate of drug-likeness (QED) is 0.537. The zero-order valence-electron chi connectivity index (χ0n) is 17.6. The number of hydrogen-bond acceptors (Lipinski definition) is 5. The number of carbonyl (C=O) groups excluding carboxylic acids is 1. The molecule has 0 aliphatic carbocycles. The first-order valence-electron chi connectivity index (χ1n) is 10.1. The number of nitriles is 1. The van der Waals surface area contributed by atoms with Crippen LogP contribution in [0, 0.1) is 18.3 Å². The largest absolute Gasteiger partial charge is 0.456 e. The van der Waals surface area contributed by atoms with Crippen molar-refractivity contribution >= 4 is 39.1 Å². The Morgan fingerprint density at radius 1 is 1.16 bits per heavy atom. The van der Waals surface area contributed by atoms with Crippen LogP contribution >= 0.6 is 23.2 Å². The normalized spacial score (nSPS) is 14.8. The van der Waals surface area contributed by atoms with E-state index in [0.717, 1.165) is 5.56 Å². The summed E-state index contributed by atoms with van der Waals surface area (Å²) in [6.07, 6.45) is 0.932. The molecule has 0 saturated carbocycles. The average Bonchev–Trinajstić information content (AvgIpc) is 2.77. The van der Waals surface area contributed by atoms with Gasteiger partial charge in [-0.15, -0.1) is 11.6 Å². The number of aryl methyl sites for hydroxylation is 1. The molecule has 10 heteroatoms. The maximum atomic E-state index is 13.4. The molecule has 0 atom stereocenters. The molecule has 3 rings (SSSR count). The molecule has 1 fully saturated rings. The highest BCUT2D eigenvalue weighted by Gasteiger charge is 2.32. The first-order valence-corrected chi connectivity index (χ1v) is 12.4. The fraction of sp³-hybridized carbons (Fsp3) is 0.364. The van der Waals surface area contributed by atoms with Gasteiger partial charge in [0.2, 0.25) is 15.9 Å². The third kappa shape index (κ3) is 5.73. The summed E-state index contributed by atoms with van der Waals surface area (Å²) in [6, 6.07) is 11.3. The van der Waals surface area contributed by atoms with Crippen molar-refractivity contribution in [1.29, 1.82) is 5.26 Å². The maximum absolute atomic E-state index is 13.4. The van der Waals surface area contributed by atoms with Crippen LogP contribution in [-0.2, 0) is 14.8 Å². The number of sulfonamides is 1. The van der Waals surface area contributed by atoms with Crippen molar-refractivity contribution in [2.75, 3.05) is 32.1 Å². The summed E-state index contributed by atoms with van der Waals surface area (Å²) < 4.78 is 34.1. The van der Waals surface area contributed by atoms with Gasteiger partial charge in [-0.25, -0.2) is 8.42 Å². The Morgan fingerprint density at radius 2 is 1.88 bits per heavy atom. The fourth-order valence-corrected chi connectivity index (χ4v) is 5.42. The molecular weight excluding hydrogens is 473 g/mol. The Kier molecular flexibility index (Phi) is 8.01. The van der Waals surface area contributed by atoms with E-state index in [0.29, 0.717) is 42.6 Å². The van der Waals surface area contributed by atoms with Crippen LogP contribution in [0.15, 0.2) is 41.3 Å². The van der Waals surface area contributed by atoms with Crippen LogP contribution in [0.1, 0.15) is 24.0 Å². The predicted molar refractivity (Wildman–Crippen MR) is 123 cm³/mol. The second kappa shape index (κ2) is 10.5. The molecule has 32 heavy (non-hydrogen) atoms. The average molecular weight is 496 g/mol. The molecule has 0 unspecified atom stereocenters. The SMILES string of the molecule is Cc1cc(Cl)cc(Oc2ccc(C#N)cc2S(=O)(=O)N2CCN(C(=O)CCCCl)CC2)c1. The van der Waals surface area contributed by atoms with Gasteiger partial charge in [0.25, 0.3) is 0 Å². The summed E-state index contributed by atoms with van der Waals surface area (Å²) in [5.41, 5.74) is 1.06. The zero-order valence-corrected chi connectivity index (χ0v) is 19.9. The van der Waals surface area contributed by atoms with Gasteiger partial charge in [0, 0.05) is 43.5 Å². The van der Waals surface area contributed by atoms with Crippen LogP contribution in [0.4, 0.5) is 0 Å². The van der Waals surface area contributed by atoms with Crippen molar-refractivity contribution in [3.63, 3.8) is 0 Å². The molecule has 1 heterocycles. The third-order valence-electron chi connectivity index (χ3n) is 5.05. The van der Waals surface area contributed by atoms with E-state index < -0.39 is 10.0 Å². The van der Waals surface area contributed by atoms with E-state index in [9.17, 15) is 18.5 Å². The van der Waals surface area contributed by atoms with Gasteiger partial charge in [0.1, 0.15) is 16.4 Å². The van der Waals surface area contributed by atoms with E-state index in [1.165, 1.54) is 22.5 Å². The van der Waals surface area contributed by atoms with Crippen LogP contribution in [0.25, 0.3) is 0 Å². The van der Waals surface area contributed by atoms with Gasteiger partial charge in [0.15, 0.2) is 0 Å². The van der Waals surface area contributed by atoms with Crippen molar-refractivity contribution in [2.24, 2.45) is 0 Å². The zero-order chi connectivity index (χ0) is 23.3. The van der Waals surface area contributed by atoms with Gasteiger partial charge >= 0.3 is 0 Å². The molecular formula is C22H23Cl2N3O4S. The lowest BCUT2D eigenvalue weighted by Gasteiger charge is -2.34. The summed E-state index contributed by atoms with van der Waals surface area (Å²) >= 11 is 11.7. The van der Waals surface area contributed by atoms with Crippen molar-refractivity contribution in [2.45, 2.75) is 24.7 Å².